The molecule has 0 spiro atoms. The first-order valence-corrected chi connectivity index (χ1v) is 4.74. The van der Waals surface area contributed by atoms with Gasteiger partial charge in [0.2, 0.25) is 0 Å². The smallest absolute Gasteiger partial charge is 0.270 e. The molecule has 1 unspecified atom stereocenters. The van der Waals surface area contributed by atoms with Crippen LogP contribution in [0, 0.1) is 11.3 Å². The summed E-state index contributed by atoms with van der Waals surface area (Å²) in [6, 6.07) is 1.86. The topological polar surface area (TPSA) is 65.8 Å². The number of carbonyl (C=O) groups is 1. The van der Waals surface area contributed by atoms with Crippen LogP contribution in [0.4, 0.5) is 0 Å². The van der Waals surface area contributed by atoms with E-state index in [0.29, 0.717) is 12.1 Å². The highest BCUT2D eigenvalue weighted by molar-refractivity contribution is 7.07. The quantitative estimate of drug-likeness (QED) is 0.787. The van der Waals surface area contributed by atoms with Gasteiger partial charge in [0.05, 0.1) is 18.0 Å². The Hall–Kier alpha value is -1.41. The van der Waals surface area contributed by atoms with Gasteiger partial charge in [-0.3, -0.25) is 4.79 Å². The number of nitrogens with one attached hydrogen (secondary N) is 1. The molecule has 5 heteroatoms. The summed E-state index contributed by atoms with van der Waals surface area (Å²) in [6.07, 6.45) is 0.315. The Labute approximate surface area is 80.2 Å². The highest BCUT2D eigenvalue weighted by Gasteiger charge is 2.10. The van der Waals surface area contributed by atoms with Crippen molar-refractivity contribution < 1.29 is 4.79 Å². The highest BCUT2D eigenvalue weighted by atomic mass is 32.1. The molecule has 1 rings (SSSR count). The fourth-order valence-electron chi connectivity index (χ4n) is 0.810. The van der Waals surface area contributed by atoms with Gasteiger partial charge in [0.1, 0.15) is 5.69 Å². The van der Waals surface area contributed by atoms with E-state index in [1.165, 1.54) is 11.3 Å². The van der Waals surface area contributed by atoms with E-state index < -0.39 is 0 Å². The van der Waals surface area contributed by atoms with Gasteiger partial charge in [-0.1, -0.05) is 0 Å². The van der Waals surface area contributed by atoms with Crippen LogP contribution in [0.15, 0.2) is 10.9 Å². The average molecular weight is 195 g/mol. The predicted molar refractivity (Wildman–Crippen MR) is 49.3 cm³/mol. The van der Waals surface area contributed by atoms with Crippen LogP contribution in [0.2, 0.25) is 0 Å². The number of hydrogen-bond donors (Lipinski definition) is 1. The third kappa shape index (κ3) is 2.84. The molecule has 0 saturated heterocycles. The van der Waals surface area contributed by atoms with Crippen LogP contribution < -0.4 is 5.32 Å². The molecule has 0 radical (unpaired) electrons. The Bertz CT molecular complexity index is 315. The number of carbonyl (C=O) groups excluding carboxylic acids is 1. The Kier molecular flexibility index (Phi) is 3.41. The summed E-state index contributed by atoms with van der Waals surface area (Å²) in [5.74, 6) is -0.219. The summed E-state index contributed by atoms with van der Waals surface area (Å²) in [4.78, 5) is 15.2. The lowest BCUT2D eigenvalue weighted by Gasteiger charge is -2.07. The number of nitrogens with zero attached hydrogens (tertiary/aromatic N) is 2. The molecule has 0 aliphatic rings. The Morgan fingerprint density at radius 2 is 2.69 bits per heavy atom. The van der Waals surface area contributed by atoms with E-state index in [2.05, 4.69) is 10.3 Å². The molecule has 4 nitrogen and oxygen atoms in total. The largest absolute Gasteiger partial charge is 0.347 e. The number of amides is 1. The van der Waals surface area contributed by atoms with Crippen LogP contribution in [-0.2, 0) is 0 Å². The van der Waals surface area contributed by atoms with Gasteiger partial charge in [0.25, 0.3) is 5.91 Å². The lowest BCUT2D eigenvalue weighted by Crippen LogP contribution is -2.32. The van der Waals surface area contributed by atoms with Crippen molar-refractivity contribution in [3.63, 3.8) is 0 Å². The van der Waals surface area contributed by atoms with E-state index in [-0.39, 0.29) is 11.9 Å². The molecule has 0 saturated carbocycles. The van der Waals surface area contributed by atoms with E-state index in [1.807, 2.05) is 6.07 Å². The third-order valence-electron chi connectivity index (χ3n) is 1.44. The van der Waals surface area contributed by atoms with Gasteiger partial charge >= 0.3 is 0 Å². The van der Waals surface area contributed by atoms with Crippen LogP contribution in [0.25, 0.3) is 0 Å². The fourth-order valence-corrected chi connectivity index (χ4v) is 1.34. The number of thiazole rings is 1. The van der Waals surface area contributed by atoms with E-state index in [4.69, 9.17) is 5.26 Å². The van der Waals surface area contributed by atoms with Gasteiger partial charge in [0, 0.05) is 11.4 Å². The van der Waals surface area contributed by atoms with E-state index in [1.54, 1.807) is 17.8 Å². The molecule has 1 heterocycles. The Balaban J connectivity index is 2.48. The van der Waals surface area contributed by atoms with Gasteiger partial charge in [-0.05, 0) is 6.92 Å². The van der Waals surface area contributed by atoms with Crippen molar-refractivity contribution in [1.82, 2.24) is 10.3 Å². The number of hydrogen-bond acceptors (Lipinski definition) is 4. The zero-order valence-corrected chi connectivity index (χ0v) is 7.97. The number of nitriles is 1. The first-order valence-electron chi connectivity index (χ1n) is 3.80. The number of aromatic nitrogens is 1. The summed E-state index contributed by atoms with van der Waals surface area (Å²) in [7, 11) is 0. The predicted octanol–water partition coefficient (Wildman–Crippen LogP) is 1.18. The van der Waals surface area contributed by atoms with Crippen molar-refractivity contribution in [2.75, 3.05) is 0 Å². The minimum absolute atomic E-state index is 0.126. The second-order valence-electron chi connectivity index (χ2n) is 2.61. The molecule has 68 valence electrons. The fraction of sp³-hybridized carbons (Fsp3) is 0.375. The summed E-state index contributed by atoms with van der Waals surface area (Å²) in [5.41, 5.74) is 2.01. The van der Waals surface area contributed by atoms with Crippen LogP contribution in [-0.4, -0.2) is 16.9 Å². The SMILES string of the molecule is CC(CC#N)NC(=O)c1cscn1. The number of rotatable bonds is 3. The molecule has 1 atom stereocenters. The maximum Gasteiger partial charge on any atom is 0.270 e. The zero-order valence-electron chi connectivity index (χ0n) is 7.15. The molecule has 1 amide bonds. The van der Waals surface area contributed by atoms with Gasteiger partial charge in [-0.2, -0.15) is 5.26 Å². The summed E-state index contributed by atoms with van der Waals surface area (Å²) in [5, 5.41) is 12.7. The second-order valence-corrected chi connectivity index (χ2v) is 3.33. The van der Waals surface area contributed by atoms with Crippen LogP contribution >= 0.6 is 11.3 Å². The second kappa shape index (κ2) is 4.58. The molecule has 0 aliphatic heterocycles. The van der Waals surface area contributed by atoms with Crippen molar-refractivity contribution in [2.45, 2.75) is 19.4 Å². The minimum Gasteiger partial charge on any atom is -0.347 e. The van der Waals surface area contributed by atoms with E-state index in [9.17, 15) is 4.79 Å². The summed E-state index contributed by atoms with van der Waals surface area (Å²) >= 11 is 1.37. The van der Waals surface area contributed by atoms with Crippen molar-refractivity contribution in [3.05, 3.63) is 16.6 Å². The first-order chi connectivity index (χ1) is 6.24. The molecule has 1 aromatic rings. The standard InChI is InChI=1S/C8H9N3OS/c1-6(2-3-9)11-8(12)7-4-13-5-10-7/h4-6H,2H2,1H3,(H,11,12). The van der Waals surface area contributed by atoms with Crippen molar-refractivity contribution in [2.24, 2.45) is 0 Å². The molecular formula is C8H9N3OS. The monoisotopic (exact) mass is 195 g/mol. The lowest BCUT2D eigenvalue weighted by molar-refractivity contribution is 0.0936. The molecular weight excluding hydrogens is 186 g/mol. The summed E-state index contributed by atoms with van der Waals surface area (Å²) < 4.78 is 0. The summed E-state index contributed by atoms with van der Waals surface area (Å²) in [6.45, 7) is 1.79. The molecule has 1 aromatic heterocycles. The van der Waals surface area contributed by atoms with Crippen molar-refractivity contribution in [3.8, 4) is 6.07 Å². The maximum absolute atomic E-state index is 11.3. The average Bonchev–Trinajstić information content (AvgIpc) is 2.55. The van der Waals surface area contributed by atoms with E-state index in [0.717, 1.165) is 0 Å². The van der Waals surface area contributed by atoms with Gasteiger partial charge in [0.15, 0.2) is 0 Å². The highest BCUT2D eigenvalue weighted by Crippen LogP contribution is 2.01. The molecule has 0 fully saturated rings. The van der Waals surface area contributed by atoms with Crippen LogP contribution in [0.1, 0.15) is 23.8 Å². The van der Waals surface area contributed by atoms with E-state index >= 15 is 0 Å². The Morgan fingerprint density at radius 3 is 3.23 bits per heavy atom. The van der Waals surface area contributed by atoms with Gasteiger partial charge < -0.3 is 5.32 Å². The molecule has 0 aliphatic carbocycles. The molecule has 1 N–H and O–H groups in total. The molecule has 0 bridgehead atoms. The normalized spacial score (nSPS) is 11.7. The zero-order chi connectivity index (χ0) is 9.68. The minimum atomic E-state index is -0.219. The Morgan fingerprint density at radius 1 is 1.92 bits per heavy atom. The first kappa shape index (κ1) is 9.68. The maximum atomic E-state index is 11.3. The van der Waals surface area contributed by atoms with Crippen LogP contribution in [0.5, 0.6) is 0 Å². The third-order valence-corrected chi connectivity index (χ3v) is 2.03. The van der Waals surface area contributed by atoms with Crippen LogP contribution in [0.3, 0.4) is 0 Å². The van der Waals surface area contributed by atoms with Gasteiger partial charge in [-0.15, -0.1) is 11.3 Å². The van der Waals surface area contributed by atoms with Crippen molar-refractivity contribution >= 4 is 17.2 Å². The van der Waals surface area contributed by atoms with Crippen molar-refractivity contribution in [1.29, 1.82) is 5.26 Å². The lowest BCUT2D eigenvalue weighted by atomic mass is 10.2. The van der Waals surface area contributed by atoms with Gasteiger partial charge in [-0.25, -0.2) is 4.98 Å². The molecule has 13 heavy (non-hydrogen) atoms. The molecule has 0 aromatic carbocycles.